The fourth-order valence-electron chi connectivity index (χ4n) is 1.43. The van der Waals surface area contributed by atoms with Crippen LogP contribution in [0.1, 0.15) is 25.0 Å². The zero-order valence-electron chi connectivity index (χ0n) is 8.52. The molecular weight excluding hydrogens is 307 g/mol. The average molecular weight is 322 g/mol. The molecular formula is C11H15IO3. The predicted molar refractivity (Wildman–Crippen MR) is 66.7 cm³/mol. The zero-order chi connectivity index (χ0) is 11.4. The Labute approximate surface area is 103 Å². The van der Waals surface area contributed by atoms with Gasteiger partial charge >= 0.3 is 0 Å². The van der Waals surface area contributed by atoms with Gasteiger partial charge in [-0.15, -0.1) is 0 Å². The second-order valence-electron chi connectivity index (χ2n) is 3.64. The van der Waals surface area contributed by atoms with Crippen molar-refractivity contribution in [3.05, 3.63) is 27.3 Å². The van der Waals surface area contributed by atoms with E-state index in [1.807, 2.05) is 6.92 Å². The van der Waals surface area contributed by atoms with Gasteiger partial charge in [0.1, 0.15) is 5.75 Å². The molecule has 0 radical (unpaired) electrons. The van der Waals surface area contributed by atoms with Crippen LogP contribution in [0.4, 0.5) is 0 Å². The first kappa shape index (κ1) is 12.7. The molecule has 3 N–H and O–H groups in total. The summed E-state index contributed by atoms with van der Waals surface area (Å²) in [5, 5.41) is 28.3. The van der Waals surface area contributed by atoms with Gasteiger partial charge in [0.15, 0.2) is 0 Å². The standard InChI is InChI=1S/C11H15IO3/c1-7(4-5-13)11(15)9-6-8(12)2-3-10(9)14/h2-3,6-7,11,13-15H,4-5H2,1H3/t7-,11-/m1/s1. The van der Waals surface area contributed by atoms with E-state index >= 15 is 0 Å². The third kappa shape index (κ3) is 3.32. The molecule has 0 fully saturated rings. The molecule has 0 saturated carbocycles. The number of aliphatic hydroxyl groups excluding tert-OH is 2. The van der Waals surface area contributed by atoms with Crippen LogP contribution in [0.2, 0.25) is 0 Å². The largest absolute Gasteiger partial charge is 0.508 e. The highest BCUT2D eigenvalue weighted by molar-refractivity contribution is 14.1. The van der Waals surface area contributed by atoms with E-state index in [-0.39, 0.29) is 18.3 Å². The summed E-state index contributed by atoms with van der Waals surface area (Å²) in [5.41, 5.74) is 0.530. The minimum Gasteiger partial charge on any atom is -0.508 e. The van der Waals surface area contributed by atoms with Crippen LogP contribution in [0.3, 0.4) is 0 Å². The van der Waals surface area contributed by atoms with Crippen LogP contribution in [0, 0.1) is 9.49 Å². The van der Waals surface area contributed by atoms with Gasteiger partial charge in [-0.2, -0.15) is 0 Å². The monoisotopic (exact) mass is 322 g/mol. The third-order valence-electron chi connectivity index (χ3n) is 2.43. The Morgan fingerprint density at radius 1 is 1.40 bits per heavy atom. The third-order valence-corrected chi connectivity index (χ3v) is 3.10. The molecule has 0 saturated heterocycles. The molecule has 15 heavy (non-hydrogen) atoms. The summed E-state index contributed by atoms with van der Waals surface area (Å²) in [6.07, 6.45) is -0.210. The van der Waals surface area contributed by atoms with Crippen molar-refractivity contribution in [2.24, 2.45) is 5.92 Å². The molecule has 0 unspecified atom stereocenters. The first-order valence-corrected chi connectivity index (χ1v) is 5.91. The van der Waals surface area contributed by atoms with Gasteiger partial charge in [0.05, 0.1) is 6.10 Å². The minimum absolute atomic E-state index is 0.0446. The molecule has 0 amide bonds. The van der Waals surface area contributed by atoms with Crippen LogP contribution in [0.25, 0.3) is 0 Å². The van der Waals surface area contributed by atoms with Crippen LogP contribution in [-0.4, -0.2) is 21.9 Å². The van der Waals surface area contributed by atoms with E-state index in [0.717, 1.165) is 3.57 Å². The number of aromatic hydroxyl groups is 1. The van der Waals surface area contributed by atoms with Crippen molar-refractivity contribution in [2.75, 3.05) is 6.61 Å². The van der Waals surface area contributed by atoms with Crippen molar-refractivity contribution < 1.29 is 15.3 Å². The second-order valence-corrected chi connectivity index (χ2v) is 4.88. The number of halogens is 1. The van der Waals surface area contributed by atoms with Gasteiger partial charge in [0.25, 0.3) is 0 Å². The summed E-state index contributed by atoms with van der Waals surface area (Å²) in [4.78, 5) is 0. The lowest BCUT2D eigenvalue weighted by Gasteiger charge is -2.19. The smallest absolute Gasteiger partial charge is 0.121 e. The molecule has 0 heterocycles. The Kier molecular flexibility index (Phi) is 4.82. The number of aliphatic hydroxyl groups is 2. The molecule has 84 valence electrons. The highest BCUT2D eigenvalue weighted by Gasteiger charge is 2.19. The van der Waals surface area contributed by atoms with Crippen molar-refractivity contribution >= 4 is 22.6 Å². The molecule has 1 aromatic carbocycles. The number of phenolic OH excluding ortho intramolecular Hbond substituents is 1. The Morgan fingerprint density at radius 3 is 2.67 bits per heavy atom. The minimum atomic E-state index is -0.730. The van der Waals surface area contributed by atoms with E-state index in [1.54, 1.807) is 18.2 Å². The SMILES string of the molecule is C[C@H](CCO)[C@@H](O)c1cc(I)ccc1O. The number of phenols is 1. The molecule has 3 nitrogen and oxygen atoms in total. The van der Waals surface area contributed by atoms with E-state index in [0.29, 0.717) is 12.0 Å². The van der Waals surface area contributed by atoms with Gasteiger partial charge in [-0.05, 0) is 53.1 Å². The van der Waals surface area contributed by atoms with Crippen LogP contribution in [0.15, 0.2) is 18.2 Å². The highest BCUT2D eigenvalue weighted by atomic mass is 127. The first-order chi connectivity index (χ1) is 7.06. The van der Waals surface area contributed by atoms with Crippen molar-refractivity contribution in [2.45, 2.75) is 19.4 Å². The van der Waals surface area contributed by atoms with Gasteiger partial charge in [-0.25, -0.2) is 0 Å². The Balaban J connectivity index is 2.89. The Bertz CT molecular complexity index is 328. The maximum absolute atomic E-state index is 9.95. The number of hydrogen-bond acceptors (Lipinski definition) is 3. The van der Waals surface area contributed by atoms with E-state index < -0.39 is 6.10 Å². The summed E-state index contributed by atoms with van der Waals surface area (Å²) >= 11 is 2.13. The van der Waals surface area contributed by atoms with E-state index in [2.05, 4.69) is 22.6 Å². The predicted octanol–water partition coefficient (Wildman–Crippen LogP) is 2.05. The summed E-state index contributed by atoms with van der Waals surface area (Å²) in [7, 11) is 0. The molecule has 2 atom stereocenters. The molecule has 1 aromatic rings. The van der Waals surface area contributed by atoms with Crippen molar-refractivity contribution in [1.82, 2.24) is 0 Å². The Hall–Kier alpha value is -0.330. The fourth-order valence-corrected chi connectivity index (χ4v) is 1.95. The normalized spacial score (nSPS) is 14.9. The van der Waals surface area contributed by atoms with Crippen molar-refractivity contribution in [3.63, 3.8) is 0 Å². The summed E-state index contributed by atoms with van der Waals surface area (Å²) in [6.45, 7) is 1.89. The quantitative estimate of drug-likeness (QED) is 0.744. The van der Waals surface area contributed by atoms with Crippen molar-refractivity contribution in [3.8, 4) is 5.75 Å². The molecule has 0 bridgehead atoms. The lowest BCUT2D eigenvalue weighted by Crippen LogP contribution is -2.11. The molecule has 0 aliphatic rings. The van der Waals surface area contributed by atoms with Crippen LogP contribution in [-0.2, 0) is 0 Å². The van der Waals surface area contributed by atoms with Gasteiger partial charge in [0.2, 0.25) is 0 Å². The maximum atomic E-state index is 9.95. The highest BCUT2D eigenvalue weighted by Crippen LogP contribution is 2.31. The van der Waals surface area contributed by atoms with Gasteiger partial charge in [-0.1, -0.05) is 6.92 Å². The lowest BCUT2D eigenvalue weighted by atomic mass is 9.94. The van der Waals surface area contributed by atoms with Gasteiger partial charge < -0.3 is 15.3 Å². The molecule has 1 rings (SSSR count). The molecule has 4 heteroatoms. The first-order valence-electron chi connectivity index (χ1n) is 4.83. The van der Waals surface area contributed by atoms with E-state index in [9.17, 15) is 10.2 Å². The number of rotatable bonds is 4. The van der Waals surface area contributed by atoms with Crippen molar-refractivity contribution in [1.29, 1.82) is 0 Å². The molecule has 0 spiro atoms. The topological polar surface area (TPSA) is 60.7 Å². The van der Waals surface area contributed by atoms with Crippen LogP contribution >= 0.6 is 22.6 Å². The average Bonchev–Trinajstić information content (AvgIpc) is 2.21. The molecule has 0 aromatic heterocycles. The Morgan fingerprint density at radius 2 is 2.07 bits per heavy atom. The number of benzene rings is 1. The van der Waals surface area contributed by atoms with Crippen LogP contribution in [0.5, 0.6) is 5.75 Å². The second kappa shape index (κ2) is 5.67. The number of hydrogen-bond donors (Lipinski definition) is 3. The van der Waals surface area contributed by atoms with Gasteiger partial charge in [0, 0.05) is 15.7 Å². The summed E-state index contributed by atoms with van der Waals surface area (Å²) in [5.74, 6) is 0.0341. The maximum Gasteiger partial charge on any atom is 0.121 e. The van der Waals surface area contributed by atoms with Gasteiger partial charge in [-0.3, -0.25) is 0 Å². The summed E-state index contributed by atoms with van der Waals surface area (Å²) < 4.78 is 0.968. The fraction of sp³-hybridized carbons (Fsp3) is 0.455. The van der Waals surface area contributed by atoms with E-state index in [4.69, 9.17) is 5.11 Å². The van der Waals surface area contributed by atoms with Crippen LogP contribution < -0.4 is 0 Å². The summed E-state index contributed by atoms with van der Waals surface area (Å²) in [6, 6.07) is 5.11. The molecule has 0 aliphatic carbocycles. The zero-order valence-corrected chi connectivity index (χ0v) is 10.7. The lowest BCUT2D eigenvalue weighted by molar-refractivity contribution is 0.0966. The van der Waals surface area contributed by atoms with E-state index in [1.165, 1.54) is 0 Å². The molecule has 0 aliphatic heterocycles.